The Kier molecular flexibility index (Phi) is 3.45. The van der Waals surface area contributed by atoms with Crippen LogP contribution >= 0.6 is 27.5 Å². The maximum atomic E-state index is 9.90. The van der Waals surface area contributed by atoms with Gasteiger partial charge in [-0.3, -0.25) is 0 Å². The molecule has 0 atom stereocenters. The second kappa shape index (κ2) is 4.70. The predicted octanol–water partition coefficient (Wildman–Crippen LogP) is 4.14. The van der Waals surface area contributed by atoms with E-state index in [1.54, 1.807) is 18.2 Å². The summed E-state index contributed by atoms with van der Waals surface area (Å²) in [5, 5.41) is 10.8. The van der Waals surface area contributed by atoms with Crippen LogP contribution < -0.4 is 4.74 Å². The van der Waals surface area contributed by atoms with Crippen molar-refractivity contribution in [3.8, 4) is 11.6 Å². The Morgan fingerprint density at radius 2 is 2.12 bits per heavy atom. The standard InChI is InChI=1S/C12H11BrClNO2/c1-6(2)17-10-5-8(14)11-9(15-10)4-3-7(13)12(11)16/h3-6,16H,1-2H3. The molecule has 17 heavy (non-hydrogen) atoms. The largest absolute Gasteiger partial charge is 0.506 e. The number of pyridine rings is 1. The second-order valence-electron chi connectivity index (χ2n) is 3.90. The molecule has 90 valence electrons. The number of phenols is 1. The van der Waals surface area contributed by atoms with Crippen LogP contribution in [0.25, 0.3) is 10.9 Å². The summed E-state index contributed by atoms with van der Waals surface area (Å²) < 4.78 is 6.07. The molecule has 0 unspecified atom stereocenters. The predicted molar refractivity (Wildman–Crippen MR) is 71.9 cm³/mol. The van der Waals surface area contributed by atoms with Gasteiger partial charge in [-0.2, -0.15) is 0 Å². The van der Waals surface area contributed by atoms with Crippen LogP contribution in [-0.4, -0.2) is 16.2 Å². The fourth-order valence-corrected chi connectivity index (χ4v) is 2.13. The van der Waals surface area contributed by atoms with Crippen LogP contribution in [0.5, 0.6) is 11.6 Å². The molecule has 0 aliphatic carbocycles. The minimum absolute atomic E-state index is 0.0278. The second-order valence-corrected chi connectivity index (χ2v) is 5.16. The molecule has 2 rings (SSSR count). The molecule has 1 aromatic carbocycles. The fourth-order valence-electron chi connectivity index (χ4n) is 1.52. The van der Waals surface area contributed by atoms with E-state index < -0.39 is 0 Å². The summed E-state index contributed by atoms with van der Waals surface area (Å²) in [7, 11) is 0. The van der Waals surface area contributed by atoms with Crippen molar-refractivity contribution < 1.29 is 9.84 Å². The number of phenolic OH excluding ortho intramolecular Hbond substituents is 1. The molecule has 2 aromatic rings. The van der Waals surface area contributed by atoms with Crippen LogP contribution in [0.4, 0.5) is 0 Å². The number of rotatable bonds is 2. The summed E-state index contributed by atoms with van der Waals surface area (Å²) in [4.78, 5) is 4.29. The minimum atomic E-state index is 0.0278. The van der Waals surface area contributed by atoms with Crippen molar-refractivity contribution in [2.24, 2.45) is 0 Å². The molecule has 0 spiro atoms. The fraction of sp³-hybridized carbons (Fsp3) is 0.250. The highest BCUT2D eigenvalue weighted by Crippen LogP contribution is 2.37. The van der Waals surface area contributed by atoms with E-state index in [2.05, 4.69) is 20.9 Å². The van der Waals surface area contributed by atoms with Crippen LogP contribution in [0.2, 0.25) is 5.02 Å². The number of aromatic nitrogens is 1. The zero-order valence-electron chi connectivity index (χ0n) is 9.37. The van der Waals surface area contributed by atoms with Gasteiger partial charge in [0.05, 0.1) is 26.5 Å². The first-order chi connectivity index (χ1) is 7.99. The van der Waals surface area contributed by atoms with E-state index in [0.29, 0.717) is 26.3 Å². The summed E-state index contributed by atoms with van der Waals surface area (Å²) in [6.45, 7) is 3.83. The Hall–Kier alpha value is -1.00. The molecule has 3 nitrogen and oxygen atoms in total. The number of benzene rings is 1. The molecule has 0 bridgehead atoms. The number of fused-ring (bicyclic) bond motifs is 1. The number of hydrogen-bond donors (Lipinski definition) is 1. The van der Waals surface area contributed by atoms with Gasteiger partial charge in [0, 0.05) is 6.07 Å². The Morgan fingerprint density at radius 3 is 2.76 bits per heavy atom. The Labute approximate surface area is 113 Å². The van der Waals surface area contributed by atoms with Gasteiger partial charge < -0.3 is 9.84 Å². The van der Waals surface area contributed by atoms with Crippen LogP contribution in [0, 0.1) is 0 Å². The lowest BCUT2D eigenvalue weighted by atomic mass is 10.2. The molecule has 0 saturated heterocycles. The maximum absolute atomic E-state index is 9.90. The zero-order valence-corrected chi connectivity index (χ0v) is 11.7. The average Bonchev–Trinajstić information content (AvgIpc) is 2.22. The van der Waals surface area contributed by atoms with Crippen LogP contribution in [0.15, 0.2) is 22.7 Å². The smallest absolute Gasteiger partial charge is 0.215 e. The number of halogens is 2. The van der Waals surface area contributed by atoms with Gasteiger partial charge >= 0.3 is 0 Å². The molecular formula is C12H11BrClNO2. The van der Waals surface area contributed by atoms with E-state index in [4.69, 9.17) is 16.3 Å². The first kappa shape index (κ1) is 12.5. The van der Waals surface area contributed by atoms with Gasteiger partial charge in [-0.15, -0.1) is 0 Å². The third-order valence-corrected chi connectivity index (χ3v) is 3.12. The highest BCUT2D eigenvalue weighted by Gasteiger charge is 2.12. The Balaban J connectivity index is 2.64. The third-order valence-electron chi connectivity index (χ3n) is 2.18. The molecule has 0 fully saturated rings. The Morgan fingerprint density at radius 1 is 1.41 bits per heavy atom. The van der Waals surface area contributed by atoms with Crippen molar-refractivity contribution in [2.45, 2.75) is 20.0 Å². The zero-order chi connectivity index (χ0) is 12.6. The molecular weight excluding hydrogens is 305 g/mol. The van der Waals surface area contributed by atoms with Gasteiger partial charge in [0.2, 0.25) is 5.88 Å². The van der Waals surface area contributed by atoms with Gasteiger partial charge in [0.15, 0.2) is 0 Å². The highest BCUT2D eigenvalue weighted by molar-refractivity contribution is 9.10. The van der Waals surface area contributed by atoms with Crippen molar-refractivity contribution in [3.05, 3.63) is 27.7 Å². The minimum Gasteiger partial charge on any atom is -0.506 e. The first-order valence-electron chi connectivity index (χ1n) is 5.13. The number of hydrogen-bond acceptors (Lipinski definition) is 3. The van der Waals surface area contributed by atoms with Gasteiger partial charge in [-0.1, -0.05) is 11.6 Å². The van der Waals surface area contributed by atoms with E-state index in [-0.39, 0.29) is 11.9 Å². The quantitative estimate of drug-likeness (QED) is 0.905. The van der Waals surface area contributed by atoms with Crippen LogP contribution in [0.1, 0.15) is 13.8 Å². The lowest BCUT2D eigenvalue weighted by molar-refractivity contribution is 0.233. The van der Waals surface area contributed by atoms with Crippen molar-refractivity contribution in [2.75, 3.05) is 0 Å². The number of aromatic hydroxyl groups is 1. The molecule has 0 aliphatic heterocycles. The van der Waals surface area contributed by atoms with E-state index in [1.807, 2.05) is 13.8 Å². The monoisotopic (exact) mass is 315 g/mol. The topological polar surface area (TPSA) is 42.4 Å². The van der Waals surface area contributed by atoms with Crippen LogP contribution in [-0.2, 0) is 0 Å². The van der Waals surface area contributed by atoms with Crippen LogP contribution in [0.3, 0.4) is 0 Å². The highest BCUT2D eigenvalue weighted by atomic mass is 79.9. The molecule has 1 aromatic heterocycles. The average molecular weight is 317 g/mol. The lowest BCUT2D eigenvalue weighted by Gasteiger charge is -2.11. The summed E-state index contributed by atoms with van der Waals surface area (Å²) in [5.74, 6) is 0.551. The molecule has 0 saturated carbocycles. The van der Waals surface area contributed by atoms with Crippen molar-refractivity contribution in [1.29, 1.82) is 0 Å². The summed E-state index contributed by atoms with van der Waals surface area (Å²) in [5.41, 5.74) is 0.605. The Bertz CT molecular complexity index is 572. The lowest BCUT2D eigenvalue weighted by Crippen LogP contribution is -2.06. The molecule has 0 aliphatic rings. The SMILES string of the molecule is CC(C)Oc1cc(Cl)c2c(O)c(Br)ccc2n1. The molecule has 1 N–H and O–H groups in total. The van der Waals surface area contributed by atoms with E-state index >= 15 is 0 Å². The summed E-state index contributed by atoms with van der Waals surface area (Å²) >= 11 is 9.36. The van der Waals surface area contributed by atoms with Crippen molar-refractivity contribution >= 4 is 38.4 Å². The maximum Gasteiger partial charge on any atom is 0.215 e. The molecule has 1 heterocycles. The summed E-state index contributed by atoms with van der Waals surface area (Å²) in [6, 6.07) is 5.11. The van der Waals surface area contributed by atoms with Crippen molar-refractivity contribution in [3.63, 3.8) is 0 Å². The first-order valence-corrected chi connectivity index (χ1v) is 6.30. The van der Waals surface area contributed by atoms with E-state index in [0.717, 1.165) is 0 Å². The molecule has 0 amide bonds. The van der Waals surface area contributed by atoms with Crippen molar-refractivity contribution in [1.82, 2.24) is 4.98 Å². The summed E-state index contributed by atoms with van der Waals surface area (Å²) in [6.07, 6.45) is 0.0278. The van der Waals surface area contributed by atoms with Gasteiger partial charge in [0.25, 0.3) is 0 Å². The normalized spacial score (nSPS) is 11.1. The van der Waals surface area contributed by atoms with E-state index in [9.17, 15) is 5.11 Å². The van der Waals surface area contributed by atoms with Gasteiger partial charge in [-0.25, -0.2) is 4.98 Å². The van der Waals surface area contributed by atoms with Gasteiger partial charge in [0.1, 0.15) is 5.75 Å². The molecule has 0 radical (unpaired) electrons. The number of nitrogens with zero attached hydrogens (tertiary/aromatic N) is 1. The molecule has 5 heteroatoms. The third kappa shape index (κ3) is 2.48. The number of ether oxygens (including phenoxy) is 1. The van der Waals surface area contributed by atoms with Gasteiger partial charge in [-0.05, 0) is 41.9 Å². The van der Waals surface area contributed by atoms with E-state index in [1.165, 1.54) is 0 Å².